The van der Waals surface area contributed by atoms with Crippen molar-refractivity contribution in [3.63, 3.8) is 0 Å². The first kappa shape index (κ1) is 18.5. The van der Waals surface area contributed by atoms with Crippen LogP contribution in [-0.2, 0) is 4.79 Å². The van der Waals surface area contributed by atoms with Crippen LogP contribution in [0, 0.1) is 10.1 Å². The van der Waals surface area contributed by atoms with Crippen LogP contribution in [-0.4, -0.2) is 25.1 Å². The Kier molecular flexibility index (Phi) is 6.13. The molecule has 130 valence electrons. The zero-order chi connectivity index (χ0) is 18.4. The number of hydrogen-bond acceptors (Lipinski definition) is 5. The monoisotopic (exact) mass is 406 g/mol. The van der Waals surface area contributed by atoms with E-state index in [1.807, 2.05) is 6.07 Å². The number of hydrogen-bond donors (Lipinski definition) is 1. The molecule has 25 heavy (non-hydrogen) atoms. The summed E-state index contributed by atoms with van der Waals surface area (Å²) in [4.78, 5) is 22.6. The molecule has 0 aliphatic heterocycles. The summed E-state index contributed by atoms with van der Waals surface area (Å²) in [6.45, 7) is 0. The lowest BCUT2D eigenvalue weighted by molar-refractivity contribution is -0.384. The van der Waals surface area contributed by atoms with Gasteiger partial charge in [-0.15, -0.1) is 0 Å². The van der Waals surface area contributed by atoms with Gasteiger partial charge in [0.2, 0.25) is 5.91 Å². The lowest BCUT2D eigenvalue weighted by Crippen LogP contribution is -2.09. The molecule has 0 saturated carbocycles. The van der Waals surface area contributed by atoms with Gasteiger partial charge in [0, 0.05) is 16.1 Å². The Bertz CT molecular complexity index is 836. The van der Waals surface area contributed by atoms with Gasteiger partial charge in [0.15, 0.2) is 0 Å². The van der Waals surface area contributed by atoms with Crippen molar-refractivity contribution in [2.24, 2.45) is 0 Å². The molecule has 1 amide bonds. The van der Waals surface area contributed by atoms with Crippen molar-refractivity contribution < 1.29 is 19.2 Å². The minimum Gasteiger partial charge on any atom is -0.496 e. The summed E-state index contributed by atoms with van der Waals surface area (Å²) < 4.78 is 11.0. The summed E-state index contributed by atoms with van der Waals surface area (Å²) in [6, 6.07) is 9.56. The van der Waals surface area contributed by atoms with Crippen molar-refractivity contribution in [2.75, 3.05) is 19.5 Å². The number of methoxy groups -OCH3 is 2. The quantitative estimate of drug-likeness (QED) is 0.444. The molecule has 0 unspecified atom stereocenters. The second kappa shape index (κ2) is 8.29. The van der Waals surface area contributed by atoms with Gasteiger partial charge in [-0.05, 0) is 36.4 Å². The van der Waals surface area contributed by atoms with Crippen molar-refractivity contribution in [3.8, 4) is 11.5 Å². The van der Waals surface area contributed by atoms with Crippen LogP contribution < -0.4 is 14.8 Å². The van der Waals surface area contributed by atoms with E-state index in [0.717, 1.165) is 4.47 Å². The molecule has 0 aromatic heterocycles. The molecule has 8 heteroatoms. The maximum atomic E-state index is 12.1. The Balaban J connectivity index is 2.21. The Hall–Kier alpha value is -2.87. The molecule has 0 aliphatic carbocycles. The van der Waals surface area contributed by atoms with E-state index >= 15 is 0 Å². The fourth-order valence-electron chi connectivity index (χ4n) is 2.07. The number of nitro benzene ring substituents is 1. The maximum Gasteiger partial charge on any atom is 0.296 e. The topological polar surface area (TPSA) is 90.7 Å². The average Bonchev–Trinajstić information content (AvgIpc) is 2.60. The third kappa shape index (κ3) is 4.80. The third-order valence-corrected chi connectivity index (χ3v) is 3.76. The Labute approximate surface area is 152 Å². The van der Waals surface area contributed by atoms with Gasteiger partial charge in [-0.1, -0.05) is 15.9 Å². The summed E-state index contributed by atoms with van der Waals surface area (Å²) in [5, 5.41) is 13.6. The van der Waals surface area contributed by atoms with Crippen LogP contribution in [0.4, 0.5) is 11.4 Å². The Morgan fingerprint density at radius 1 is 1.20 bits per heavy atom. The van der Waals surface area contributed by atoms with E-state index in [-0.39, 0.29) is 11.4 Å². The first-order valence-corrected chi connectivity index (χ1v) is 7.89. The number of rotatable bonds is 6. The van der Waals surface area contributed by atoms with E-state index < -0.39 is 10.8 Å². The molecule has 0 heterocycles. The number of halogens is 1. The summed E-state index contributed by atoms with van der Waals surface area (Å²) in [6.07, 6.45) is 2.84. The molecular formula is C17H15BrN2O5. The van der Waals surface area contributed by atoms with Gasteiger partial charge in [0.25, 0.3) is 5.69 Å². The van der Waals surface area contributed by atoms with Gasteiger partial charge < -0.3 is 14.8 Å². The second-order valence-electron chi connectivity index (χ2n) is 4.85. The van der Waals surface area contributed by atoms with Crippen LogP contribution >= 0.6 is 15.9 Å². The predicted molar refractivity (Wildman–Crippen MR) is 98.0 cm³/mol. The van der Waals surface area contributed by atoms with Gasteiger partial charge >= 0.3 is 0 Å². The minimum atomic E-state index is -0.584. The summed E-state index contributed by atoms with van der Waals surface area (Å²) in [5.74, 6) is 0.428. The number of carbonyl (C=O) groups is 1. The molecule has 2 rings (SSSR count). The Morgan fingerprint density at radius 3 is 2.60 bits per heavy atom. The highest BCUT2D eigenvalue weighted by atomic mass is 79.9. The number of nitrogens with one attached hydrogen (secondary N) is 1. The lowest BCUT2D eigenvalue weighted by Gasteiger charge is -2.06. The number of amides is 1. The van der Waals surface area contributed by atoms with Crippen LogP contribution in [0.15, 0.2) is 46.9 Å². The maximum absolute atomic E-state index is 12.1. The molecule has 2 aromatic carbocycles. The van der Waals surface area contributed by atoms with Crippen LogP contribution in [0.1, 0.15) is 5.56 Å². The highest BCUT2D eigenvalue weighted by molar-refractivity contribution is 9.10. The van der Waals surface area contributed by atoms with Crippen molar-refractivity contribution in [1.29, 1.82) is 0 Å². The molecule has 0 spiro atoms. The molecule has 0 saturated heterocycles. The molecule has 7 nitrogen and oxygen atoms in total. The normalized spacial score (nSPS) is 10.5. The second-order valence-corrected chi connectivity index (χ2v) is 5.76. The first-order chi connectivity index (χ1) is 11.9. The summed E-state index contributed by atoms with van der Waals surface area (Å²) in [5.41, 5.74) is 0.527. The van der Waals surface area contributed by atoms with Crippen LogP contribution in [0.5, 0.6) is 11.5 Å². The SMILES string of the molecule is COc1ccc(NC(=O)/C=C/c2cc(Br)ccc2OC)c([N+](=O)[O-])c1. The Morgan fingerprint density at radius 2 is 1.96 bits per heavy atom. The molecule has 2 aromatic rings. The molecule has 1 N–H and O–H groups in total. The van der Waals surface area contributed by atoms with Crippen LogP contribution in [0.25, 0.3) is 6.08 Å². The van der Waals surface area contributed by atoms with Gasteiger partial charge in [-0.25, -0.2) is 0 Å². The van der Waals surface area contributed by atoms with E-state index in [0.29, 0.717) is 17.1 Å². The van der Waals surface area contributed by atoms with E-state index in [1.165, 1.54) is 38.5 Å². The van der Waals surface area contributed by atoms with Crippen molar-refractivity contribution in [3.05, 3.63) is 62.6 Å². The number of nitro groups is 1. The van der Waals surface area contributed by atoms with E-state index in [9.17, 15) is 14.9 Å². The van der Waals surface area contributed by atoms with E-state index in [1.54, 1.807) is 18.2 Å². The summed E-state index contributed by atoms with van der Waals surface area (Å²) >= 11 is 3.35. The number of carbonyl (C=O) groups excluding carboxylic acids is 1. The fraction of sp³-hybridized carbons (Fsp3) is 0.118. The number of nitrogens with zero attached hydrogens (tertiary/aromatic N) is 1. The van der Waals surface area contributed by atoms with Gasteiger partial charge in [-0.2, -0.15) is 0 Å². The number of ether oxygens (including phenoxy) is 2. The van der Waals surface area contributed by atoms with Gasteiger partial charge in [0.1, 0.15) is 17.2 Å². The number of benzene rings is 2. The fourth-order valence-corrected chi connectivity index (χ4v) is 2.45. The largest absolute Gasteiger partial charge is 0.496 e. The average molecular weight is 407 g/mol. The summed E-state index contributed by atoms with van der Waals surface area (Å²) in [7, 11) is 2.94. The predicted octanol–water partition coefficient (Wildman–Crippen LogP) is 4.03. The van der Waals surface area contributed by atoms with E-state index in [4.69, 9.17) is 9.47 Å². The van der Waals surface area contributed by atoms with Gasteiger partial charge in [-0.3, -0.25) is 14.9 Å². The first-order valence-electron chi connectivity index (χ1n) is 7.09. The zero-order valence-corrected chi connectivity index (χ0v) is 15.1. The highest BCUT2D eigenvalue weighted by Crippen LogP contribution is 2.29. The third-order valence-electron chi connectivity index (χ3n) is 3.27. The van der Waals surface area contributed by atoms with Crippen molar-refractivity contribution in [2.45, 2.75) is 0 Å². The van der Waals surface area contributed by atoms with Crippen LogP contribution in [0.3, 0.4) is 0 Å². The van der Waals surface area contributed by atoms with Crippen molar-refractivity contribution in [1.82, 2.24) is 0 Å². The number of anilines is 1. The van der Waals surface area contributed by atoms with Gasteiger partial charge in [0.05, 0.1) is 25.2 Å². The van der Waals surface area contributed by atoms with Crippen molar-refractivity contribution >= 4 is 39.3 Å². The molecular weight excluding hydrogens is 392 g/mol. The molecule has 0 fully saturated rings. The molecule has 0 bridgehead atoms. The molecule has 0 aliphatic rings. The zero-order valence-electron chi connectivity index (χ0n) is 13.5. The lowest BCUT2D eigenvalue weighted by atomic mass is 10.2. The van der Waals surface area contributed by atoms with Crippen LogP contribution in [0.2, 0.25) is 0 Å². The molecule has 0 atom stereocenters. The standard InChI is InChI=1S/C17H15BrN2O5/c1-24-13-5-6-14(15(10-13)20(22)23)19-17(21)8-3-11-9-12(18)4-7-16(11)25-2/h3-10H,1-2H3,(H,19,21)/b8-3+. The molecule has 0 radical (unpaired) electrons. The minimum absolute atomic E-state index is 0.0849. The van der Waals surface area contributed by atoms with E-state index in [2.05, 4.69) is 21.2 Å². The highest BCUT2D eigenvalue weighted by Gasteiger charge is 2.16. The smallest absolute Gasteiger partial charge is 0.296 e.